The van der Waals surface area contributed by atoms with E-state index >= 15 is 0 Å². The van der Waals surface area contributed by atoms with Crippen molar-refractivity contribution in [3.05, 3.63) is 48.3 Å². The third-order valence-corrected chi connectivity index (χ3v) is 5.47. The molecule has 3 aromatic rings. The highest BCUT2D eigenvalue weighted by atomic mass is 16.5. The van der Waals surface area contributed by atoms with Gasteiger partial charge in [0.2, 0.25) is 0 Å². The van der Waals surface area contributed by atoms with Crippen LogP contribution in [-0.2, 0) is 11.3 Å². The molecule has 2 fully saturated rings. The Morgan fingerprint density at radius 1 is 1.04 bits per heavy atom. The van der Waals surface area contributed by atoms with E-state index in [1.807, 2.05) is 6.20 Å². The van der Waals surface area contributed by atoms with Crippen LogP contribution in [0, 0.1) is 0 Å². The van der Waals surface area contributed by atoms with Crippen LogP contribution >= 0.6 is 0 Å². The van der Waals surface area contributed by atoms with Crippen molar-refractivity contribution in [1.82, 2.24) is 20.2 Å². The molecule has 0 saturated carbocycles. The van der Waals surface area contributed by atoms with Crippen LogP contribution in [-0.4, -0.2) is 60.9 Å². The Morgan fingerprint density at radius 2 is 1.89 bits per heavy atom. The molecule has 2 N–H and O–H groups in total. The second kappa shape index (κ2) is 7.31. The summed E-state index contributed by atoms with van der Waals surface area (Å²) in [6.45, 7) is 7.61. The smallest absolute Gasteiger partial charge is 0.0795 e. The van der Waals surface area contributed by atoms with Gasteiger partial charge in [0.25, 0.3) is 0 Å². The van der Waals surface area contributed by atoms with Gasteiger partial charge in [-0.3, -0.25) is 15.2 Å². The first-order chi connectivity index (χ1) is 13.4. The minimum absolute atomic E-state index is 0.825. The maximum Gasteiger partial charge on any atom is 0.0795 e. The number of nitrogens with one attached hydrogen (secondary N) is 2. The molecular formula is C21H25N5O. The molecule has 0 unspecified atom stereocenters. The predicted octanol–water partition coefficient (Wildman–Crippen LogP) is 2.43. The second-order valence-corrected chi connectivity index (χ2v) is 7.27. The average molecular weight is 363 g/mol. The van der Waals surface area contributed by atoms with Crippen LogP contribution in [0.2, 0.25) is 0 Å². The lowest BCUT2D eigenvalue weighted by Gasteiger charge is -2.25. The number of benzene rings is 1. The third-order valence-electron chi connectivity index (χ3n) is 5.47. The number of nitrogens with zero attached hydrogens (tertiary/aromatic N) is 3. The summed E-state index contributed by atoms with van der Waals surface area (Å²) in [6.07, 6.45) is 1.89. The van der Waals surface area contributed by atoms with Gasteiger partial charge in [-0.2, -0.15) is 0 Å². The lowest BCUT2D eigenvalue weighted by atomic mass is 10.1. The molecule has 0 atom stereocenters. The van der Waals surface area contributed by atoms with Crippen LogP contribution in [0.15, 0.2) is 42.6 Å². The molecule has 0 amide bonds. The molecule has 2 aliphatic rings. The molecule has 140 valence electrons. The standard InChI is InChI=1S/C21H25N5O/c1-3-18(26-8-7-22-15-26)4-2-16(1)21-19-13-17(24-20(19)5-6-23-21)14-25-9-11-27-12-10-25/h1-6,13,22,24H,7-12,14-15H2. The fraction of sp³-hybridized carbons (Fsp3) is 0.381. The molecular weight excluding hydrogens is 338 g/mol. The van der Waals surface area contributed by atoms with Crippen LogP contribution in [0.4, 0.5) is 5.69 Å². The molecule has 4 heterocycles. The van der Waals surface area contributed by atoms with Gasteiger partial charge in [-0.25, -0.2) is 0 Å². The number of anilines is 1. The first-order valence-corrected chi connectivity index (χ1v) is 9.70. The number of hydrogen-bond acceptors (Lipinski definition) is 5. The summed E-state index contributed by atoms with van der Waals surface area (Å²) in [5.74, 6) is 0. The van der Waals surface area contributed by atoms with Gasteiger partial charge in [0.15, 0.2) is 0 Å². The van der Waals surface area contributed by atoms with Crippen LogP contribution in [0.3, 0.4) is 0 Å². The summed E-state index contributed by atoms with van der Waals surface area (Å²) in [7, 11) is 0. The Hall–Kier alpha value is -2.41. The number of H-pyrrole nitrogens is 1. The van der Waals surface area contributed by atoms with Crippen molar-refractivity contribution < 1.29 is 4.74 Å². The molecule has 2 aromatic heterocycles. The fourth-order valence-corrected chi connectivity index (χ4v) is 3.98. The zero-order chi connectivity index (χ0) is 18.1. The summed E-state index contributed by atoms with van der Waals surface area (Å²) >= 11 is 0. The van der Waals surface area contributed by atoms with E-state index in [4.69, 9.17) is 4.74 Å². The Labute approximate surface area is 159 Å². The minimum Gasteiger partial charge on any atom is -0.379 e. The number of hydrogen-bond donors (Lipinski definition) is 2. The Morgan fingerprint density at radius 3 is 2.67 bits per heavy atom. The second-order valence-electron chi connectivity index (χ2n) is 7.27. The van der Waals surface area contributed by atoms with Gasteiger partial charge < -0.3 is 14.6 Å². The lowest BCUT2D eigenvalue weighted by molar-refractivity contribution is 0.0337. The molecule has 27 heavy (non-hydrogen) atoms. The van der Waals surface area contributed by atoms with E-state index in [0.29, 0.717) is 0 Å². The first kappa shape index (κ1) is 16.7. The molecule has 0 radical (unpaired) electrons. The number of aromatic nitrogens is 2. The van der Waals surface area contributed by atoms with Crippen molar-refractivity contribution in [2.75, 3.05) is 51.0 Å². The van der Waals surface area contributed by atoms with E-state index in [-0.39, 0.29) is 0 Å². The molecule has 0 spiro atoms. The number of rotatable bonds is 4. The number of aromatic amines is 1. The highest BCUT2D eigenvalue weighted by Crippen LogP contribution is 2.29. The van der Waals surface area contributed by atoms with Crippen LogP contribution in [0.5, 0.6) is 0 Å². The van der Waals surface area contributed by atoms with E-state index in [2.05, 4.69) is 61.5 Å². The van der Waals surface area contributed by atoms with E-state index < -0.39 is 0 Å². The van der Waals surface area contributed by atoms with E-state index in [1.54, 1.807) is 0 Å². The highest BCUT2D eigenvalue weighted by molar-refractivity contribution is 5.93. The summed E-state index contributed by atoms with van der Waals surface area (Å²) in [5, 5.41) is 4.57. The largest absolute Gasteiger partial charge is 0.379 e. The molecule has 5 rings (SSSR count). The normalized spacial score (nSPS) is 18.4. The zero-order valence-electron chi connectivity index (χ0n) is 15.4. The van der Waals surface area contributed by atoms with Crippen molar-refractivity contribution in [2.45, 2.75) is 6.54 Å². The van der Waals surface area contributed by atoms with Gasteiger partial charge in [0, 0.05) is 66.8 Å². The quantitative estimate of drug-likeness (QED) is 0.746. The van der Waals surface area contributed by atoms with Crippen LogP contribution < -0.4 is 10.2 Å². The zero-order valence-corrected chi connectivity index (χ0v) is 15.4. The molecule has 0 aliphatic carbocycles. The lowest BCUT2D eigenvalue weighted by Crippen LogP contribution is -2.35. The topological polar surface area (TPSA) is 56.4 Å². The number of ether oxygens (including phenoxy) is 1. The van der Waals surface area contributed by atoms with E-state index in [1.165, 1.54) is 16.8 Å². The molecule has 0 bridgehead atoms. The van der Waals surface area contributed by atoms with E-state index in [9.17, 15) is 0 Å². The monoisotopic (exact) mass is 363 g/mol. The van der Waals surface area contributed by atoms with Gasteiger partial charge in [-0.05, 0) is 24.3 Å². The number of pyridine rings is 1. The van der Waals surface area contributed by atoms with Crippen molar-refractivity contribution in [3.63, 3.8) is 0 Å². The van der Waals surface area contributed by atoms with Crippen LogP contribution in [0.1, 0.15) is 5.69 Å². The van der Waals surface area contributed by atoms with Gasteiger partial charge >= 0.3 is 0 Å². The average Bonchev–Trinajstić information content (AvgIpc) is 3.38. The van der Waals surface area contributed by atoms with Gasteiger partial charge in [0.1, 0.15) is 0 Å². The minimum atomic E-state index is 0.825. The summed E-state index contributed by atoms with van der Waals surface area (Å²) < 4.78 is 5.45. The third kappa shape index (κ3) is 3.43. The molecule has 2 aliphatic heterocycles. The SMILES string of the molecule is c1cc2[nH]c(CN3CCOCC3)cc2c(-c2ccc(N3CCNC3)cc2)n1. The van der Waals surface area contributed by atoms with Gasteiger partial charge in [-0.15, -0.1) is 0 Å². The molecule has 6 nitrogen and oxygen atoms in total. The Bertz CT molecular complexity index is 908. The highest BCUT2D eigenvalue weighted by Gasteiger charge is 2.15. The Balaban J connectivity index is 1.42. The maximum atomic E-state index is 5.45. The predicted molar refractivity (Wildman–Crippen MR) is 108 cm³/mol. The number of morpholine rings is 1. The van der Waals surface area contributed by atoms with Crippen molar-refractivity contribution in [1.29, 1.82) is 0 Å². The molecule has 1 aromatic carbocycles. The summed E-state index contributed by atoms with van der Waals surface area (Å²) in [5.41, 5.74) is 5.85. The summed E-state index contributed by atoms with van der Waals surface area (Å²) in [6, 6.07) is 13.1. The van der Waals surface area contributed by atoms with E-state index in [0.717, 1.165) is 69.4 Å². The van der Waals surface area contributed by atoms with Crippen molar-refractivity contribution >= 4 is 16.6 Å². The van der Waals surface area contributed by atoms with Crippen molar-refractivity contribution in [2.24, 2.45) is 0 Å². The van der Waals surface area contributed by atoms with Crippen LogP contribution in [0.25, 0.3) is 22.2 Å². The van der Waals surface area contributed by atoms with Gasteiger partial charge in [0.05, 0.1) is 25.6 Å². The number of fused-ring (bicyclic) bond motifs is 1. The van der Waals surface area contributed by atoms with Gasteiger partial charge in [-0.1, -0.05) is 12.1 Å². The first-order valence-electron chi connectivity index (χ1n) is 9.70. The van der Waals surface area contributed by atoms with Crippen molar-refractivity contribution in [3.8, 4) is 11.3 Å². The maximum absolute atomic E-state index is 5.45. The summed E-state index contributed by atoms with van der Waals surface area (Å²) in [4.78, 5) is 13.0. The fourth-order valence-electron chi connectivity index (χ4n) is 3.98. The molecule has 2 saturated heterocycles. The Kier molecular flexibility index (Phi) is 4.53. The molecule has 6 heteroatoms.